The number of amides is 1. The third-order valence-corrected chi connectivity index (χ3v) is 5.53. The quantitative estimate of drug-likeness (QED) is 0.314. The third kappa shape index (κ3) is 6.97. The number of hydrogen-bond acceptors (Lipinski definition) is 5. The van der Waals surface area contributed by atoms with Crippen molar-refractivity contribution in [2.45, 2.75) is 58.5 Å². The van der Waals surface area contributed by atoms with Crippen LogP contribution in [0.5, 0.6) is 0 Å². The molecule has 210 valence electrons. The average Bonchev–Trinajstić information content (AvgIpc) is 3.15. The molecule has 0 saturated carbocycles. The number of nitrogens with zero attached hydrogens (tertiary/aromatic N) is 3. The van der Waals surface area contributed by atoms with Gasteiger partial charge in [-0.25, -0.2) is 22.9 Å². The zero-order chi connectivity index (χ0) is 27.9. The van der Waals surface area contributed by atoms with Crippen LogP contribution in [0.3, 0.4) is 0 Å². The molecule has 2 heterocycles. The molecule has 15 heteroatoms. The van der Waals surface area contributed by atoms with Crippen molar-refractivity contribution in [1.82, 2.24) is 14.5 Å². The second kappa shape index (κ2) is 11.2. The minimum atomic E-state index is -4.93. The van der Waals surface area contributed by atoms with Crippen LogP contribution in [-0.2, 0) is 40.0 Å². The van der Waals surface area contributed by atoms with Gasteiger partial charge in [0.1, 0.15) is 11.4 Å². The second-order valence-electron chi connectivity index (χ2n) is 9.50. The first-order chi connectivity index (χ1) is 17.0. The molecule has 0 aliphatic carbocycles. The Labute approximate surface area is 219 Å². The maximum Gasteiger partial charge on any atom is 0.449 e. The van der Waals surface area contributed by atoms with Gasteiger partial charge in [0, 0.05) is 25.6 Å². The van der Waals surface area contributed by atoms with Crippen LogP contribution < -0.4 is 0 Å². The summed E-state index contributed by atoms with van der Waals surface area (Å²) in [4.78, 5) is 41.6. The standard InChI is InChI=1S/C23H23F6N3O5.ClH/c1-22(2,3)37-20(36)12(6-11-7-14(25)15(26)9-13(11)24)8-17(33)31-4-5-32-16(10-31)18(19(34)35)30-21(32)23(27,28)29;/h7,9,12H,4-6,8,10H2,1-3H3,(H,34,35);1H/t12-;/m1./s1. The van der Waals surface area contributed by atoms with E-state index in [-0.39, 0.29) is 30.2 Å². The number of imidazole rings is 1. The van der Waals surface area contributed by atoms with Crippen LogP contribution in [0.2, 0.25) is 0 Å². The number of fused-ring (bicyclic) bond motifs is 1. The molecule has 38 heavy (non-hydrogen) atoms. The van der Waals surface area contributed by atoms with Gasteiger partial charge in [0.2, 0.25) is 11.7 Å². The molecule has 0 unspecified atom stereocenters. The molecule has 3 rings (SSSR count). The summed E-state index contributed by atoms with van der Waals surface area (Å²) in [6.45, 7) is 3.41. The number of carbonyl (C=O) groups excluding carboxylic acids is 2. The van der Waals surface area contributed by atoms with Crippen LogP contribution in [0.4, 0.5) is 26.3 Å². The number of carbonyl (C=O) groups is 3. The maximum absolute atomic E-state index is 14.3. The van der Waals surface area contributed by atoms with Crippen LogP contribution in [0.25, 0.3) is 0 Å². The van der Waals surface area contributed by atoms with Crippen molar-refractivity contribution in [3.05, 3.63) is 52.4 Å². The van der Waals surface area contributed by atoms with Crippen LogP contribution in [-0.4, -0.2) is 49.5 Å². The number of aromatic nitrogens is 2. The zero-order valence-electron chi connectivity index (χ0n) is 20.4. The number of aromatic carboxylic acids is 1. The molecule has 0 bridgehead atoms. The summed E-state index contributed by atoms with van der Waals surface area (Å²) in [6.07, 6.45) is -6.07. The SMILES string of the molecule is CC(C)(C)OC(=O)[C@@H](CC(=O)N1CCn2c(C(F)(F)F)nc(C(=O)O)c2C1)Cc1cc(F)c(F)cc1F.Cl. The summed E-state index contributed by atoms with van der Waals surface area (Å²) < 4.78 is 87.2. The average molecular weight is 572 g/mol. The lowest BCUT2D eigenvalue weighted by Crippen LogP contribution is -2.41. The molecular weight excluding hydrogens is 548 g/mol. The van der Waals surface area contributed by atoms with Crippen LogP contribution in [0.1, 0.15) is 54.8 Å². The minimum Gasteiger partial charge on any atom is -0.476 e. The third-order valence-electron chi connectivity index (χ3n) is 5.53. The van der Waals surface area contributed by atoms with E-state index in [2.05, 4.69) is 4.98 Å². The monoisotopic (exact) mass is 571 g/mol. The smallest absolute Gasteiger partial charge is 0.449 e. The fraction of sp³-hybridized carbons (Fsp3) is 0.478. The largest absolute Gasteiger partial charge is 0.476 e. The van der Waals surface area contributed by atoms with Gasteiger partial charge in [-0.1, -0.05) is 0 Å². The first-order valence-corrected chi connectivity index (χ1v) is 11.0. The number of carboxylic acid groups (broad SMARTS) is 1. The van der Waals surface area contributed by atoms with Crippen molar-refractivity contribution in [1.29, 1.82) is 0 Å². The van der Waals surface area contributed by atoms with Gasteiger partial charge in [-0.2, -0.15) is 13.2 Å². The Balaban J connectivity index is 0.00000507. The lowest BCUT2D eigenvalue weighted by molar-refractivity contribution is -0.162. The number of halogens is 7. The molecule has 1 N–H and O–H groups in total. The minimum absolute atomic E-state index is 0. The Morgan fingerprint density at radius 3 is 2.21 bits per heavy atom. The summed E-state index contributed by atoms with van der Waals surface area (Å²) in [5, 5.41) is 9.30. The summed E-state index contributed by atoms with van der Waals surface area (Å²) in [7, 11) is 0. The normalized spacial score (nSPS) is 14.4. The number of ether oxygens (including phenoxy) is 1. The van der Waals surface area contributed by atoms with Crippen LogP contribution >= 0.6 is 12.4 Å². The number of rotatable bonds is 6. The molecule has 1 amide bonds. The molecule has 0 fully saturated rings. The van der Waals surface area contributed by atoms with E-state index >= 15 is 0 Å². The van der Waals surface area contributed by atoms with Crippen molar-refractivity contribution in [2.24, 2.45) is 5.92 Å². The number of esters is 1. The Morgan fingerprint density at radius 2 is 1.66 bits per heavy atom. The van der Waals surface area contributed by atoms with Gasteiger partial charge in [0.05, 0.1) is 18.2 Å². The van der Waals surface area contributed by atoms with Crippen molar-refractivity contribution >= 4 is 30.3 Å². The van der Waals surface area contributed by atoms with Crippen molar-refractivity contribution in [2.75, 3.05) is 6.54 Å². The fourth-order valence-corrected chi connectivity index (χ4v) is 3.92. The van der Waals surface area contributed by atoms with Crippen molar-refractivity contribution in [3.8, 4) is 0 Å². The predicted molar refractivity (Wildman–Crippen MR) is 121 cm³/mol. The zero-order valence-corrected chi connectivity index (χ0v) is 21.2. The number of alkyl halides is 3. The Kier molecular flexibility index (Phi) is 9.13. The Bertz CT molecular complexity index is 1240. The van der Waals surface area contributed by atoms with Crippen molar-refractivity contribution < 1.29 is 50.6 Å². The van der Waals surface area contributed by atoms with Gasteiger partial charge >= 0.3 is 18.1 Å². The molecule has 1 aromatic carbocycles. The molecule has 0 saturated heterocycles. The summed E-state index contributed by atoms with van der Waals surface area (Å²) >= 11 is 0. The van der Waals surface area contributed by atoms with E-state index in [0.29, 0.717) is 16.7 Å². The number of carboxylic acids is 1. The van der Waals surface area contributed by atoms with Gasteiger partial charge < -0.3 is 19.3 Å². The molecule has 8 nitrogen and oxygen atoms in total. The van der Waals surface area contributed by atoms with Crippen molar-refractivity contribution in [3.63, 3.8) is 0 Å². The highest BCUT2D eigenvalue weighted by molar-refractivity contribution is 5.88. The highest BCUT2D eigenvalue weighted by Crippen LogP contribution is 2.33. The van der Waals surface area contributed by atoms with E-state index in [1.807, 2.05) is 0 Å². The molecule has 1 aliphatic heterocycles. The molecule has 2 aromatic rings. The lowest BCUT2D eigenvalue weighted by atomic mass is 9.94. The highest BCUT2D eigenvalue weighted by atomic mass is 35.5. The van der Waals surface area contributed by atoms with E-state index in [4.69, 9.17) is 4.74 Å². The summed E-state index contributed by atoms with van der Waals surface area (Å²) in [6, 6.07) is 0.861. The van der Waals surface area contributed by atoms with Gasteiger partial charge in [-0.15, -0.1) is 12.4 Å². The number of benzene rings is 1. The van der Waals surface area contributed by atoms with Crippen LogP contribution in [0, 0.1) is 23.4 Å². The Morgan fingerprint density at radius 1 is 1.05 bits per heavy atom. The molecular formula is C23H24ClF6N3O5. The van der Waals surface area contributed by atoms with Gasteiger partial charge in [-0.05, 0) is 38.8 Å². The first-order valence-electron chi connectivity index (χ1n) is 11.0. The summed E-state index contributed by atoms with van der Waals surface area (Å²) in [5.74, 6) is -10.1. The molecule has 0 radical (unpaired) electrons. The van der Waals surface area contributed by atoms with E-state index in [1.165, 1.54) is 0 Å². The van der Waals surface area contributed by atoms with E-state index < -0.39 is 90.4 Å². The second-order valence-corrected chi connectivity index (χ2v) is 9.50. The lowest BCUT2D eigenvalue weighted by Gasteiger charge is -2.31. The molecule has 1 atom stereocenters. The van der Waals surface area contributed by atoms with Gasteiger partial charge in [0.25, 0.3) is 0 Å². The molecule has 1 aromatic heterocycles. The summed E-state index contributed by atoms with van der Waals surface area (Å²) in [5.41, 5.74) is -2.60. The van der Waals surface area contributed by atoms with E-state index in [1.54, 1.807) is 20.8 Å². The topological polar surface area (TPSA) is 102 Å². The van der Waals surface area contributed by atoms with E-state index in [9.17, 15) is 45.8 Å². The van der Waals surface area contributed by atoms with Gasteiger partial charge in [-0.3, -0.25) is 9.59 Å². The fourth-order valence-electron chi connectivity index (χ4n) is 3.92. The Hall–Kier alpha value is -3.29. The molecule has 0 spiro atoms. The number of hydrogen-bond donors (Lipinski definition) is 1. The van der Waals surface area contributed by atoms with Crippen LogP contribution in [0.15, 0.2) is 12.1 Å². The van der Waals surface area contributed by atoms with Gasteiger partial charge in [0.15, 0.2) is 17.3 Å². The highest BCUT2D eigenvalue weighted by Gasteiger charge is 2.42. The first kappa shape index (κ1) is 30.9. The molecule has 1 aliphatic rings. The van der Waals surface area contributed by atoms with E-state index in [0.717, 1.165) is 4.90 Å². The maximum atomic E-state index is 14.3. The predicted octanol–water partition coefficient (Wildman–Crippen LogP) is 4.37.